The summed E-state index contributed by atoms with van der Waals surface area (Å²) in [6.07, 6.45) is 0.937. The Morgan fingerprint density at radius 2 is 2.19 bits per heavy atom. The van der Waals surface area contributed by atoms with Gasteiger partial charge in [0, 0.05) is 5.92 Å². The Bertz CT molecular complexity index is 610. The fourth-order valence-electron chi connectivity index (χ4n) is 1.68. The van der Waals surface area contributed by atoms with Crippen molar-refractivity contribution in [3.05, 3.63) is 34.8 Å². The van der Waals surface area contributed by atoms with Gasteiger partial charge in [-0.15, -0.1) is 10.2 Å². The third-order valence-electron chi connectivity index (χ3n) is 2.86. The maximum absolute atomic E-state index is 11.8. The summed E-state index contributed by atoms with van der Waals surface area (Å²) in [6.45, 7) is 6.11. The van der Waals surface area contributed by atoms with Crippen LogP contribution in [-0.4, -0.2) is 22.7 Å². The average Bonchev–Trinajstić information content (AvgIpc) is 2.94. The van der Waals surface area contributed by atoms with Crippen LogP contribution in [-0.2, 0) is 11.2 Å². The molecule has 21 heavy (non-hydrogen) atoms. The van der Waals surface area contributed by atoms with Crippen LogP contribution in [0, 0.1) is 0 Å². The van der Waals surface area contributed by atoms with Gasteiger partial charge in [-0.25, -0.2) is 0 Å². The van der Waals surface area contributed by atoms with E-state index in [1.165, 1.54) is 16.9 Å². The van der Waals surface area contributed by atoms with Crippen molar-refractivity contribution in [2.45, 2.75) is 33.1 Å². The summed E-state index contributed by atoms with van der Waals surface area (Å²) >= 11 is 1.39. The zero-order valence-electron chi connectivity index (χ0n) is 12.4. The summed E-state index contributed by atoms with van der Waals surface area (Å²) in [5, 5.41) is 12.1. The molecule has 0 bridgehead atoms. The highest BCUT2D eigenvalue weighted by molar-refractivity contribution is 7.15. The first-order valence-electron chi connectivity index (χ1n) is 6.93. The second kappa shape index (κ2) is 7.17. The minimum Gasteiger partial charge on any atom is -0.484 e. The molecule has 1 heterocycles. The third kappa shape index (κ3) is 4.53. The van der Waals surface area contributed by atoms with E-state index in [4.69, 9.17) is 4.74 Å². The normalized spacial score (nSPS) is 10.7. The van der Waals surface area contributed by atoms with Gasteiger partial charge in [-0.05, 0) is 24.1 Å². The lowest BCUT2D eigenvalue weighted by Gasteiger charge is -2.06. The van der Waals surface area contributed by atoms with E-state index in [1.54, 1.807) is 0 Å². The summed E-state index contributed by atoms with van der Waals surface area (Å²) in [5.74, 6) is 0.772. The molecule has 0 fully saturated rings. The molecule has 0 spiro atoms. The highest BCUT2D eigenvalue weighted by atomic mass is 32.1. The molecule has 6 heteroatoms. The van der Waals surface area contributed by atoms with Crippen LogP contribution in [0.2, 0.25) is 0 Å². The van der Waals surface area contributed by atoms with Crippen molar-refractivity contribution in [3.8, 4) is 5.75 Å². The van der Waals surface area contributed by atoms with Gasteiger partial charge in [-0.2, -0.15) is 0 Å². The predicted octanol–water partition coefficient (Wildman–Crippen LogP) is 3.24. The lowest BCUT2D eigenvalue weighted by Crippen LogP contribution is -2.20. The van der Waals surface area contributed by atoms with Gasteiger partial charge in [0.05, 0.1) is 0 Å². The average molecular weight is 305 g/mol. The van der Waals surface area contributed by atoms with Gasteiger partial charge in [0.25, 0.3) is 5.91 Å². The van der Waals surface area contributed by atoms with E-state index in [-0.39, 0.29) is 12.5 Å². The number of carbonyl (C=O) groups is 1. The Morgan fingerprint density at radius 1 is 1.38 bits per heavy atom. The third-order valence-corrected chi connectivity index (χ3v) is 4.00. The molecular formula is C15H19N3O2S. The highest BCUT2D eigenvalue weighted by Crippen LogP contribution is 2.22. The van der Waals surface area contributed by atoms with Crippen molar-refractivity contribution in [3.63, 3.8) is 0 Å². The smallest absolute Gasteiger partial charge is 0.264 e. The summed E-state index contributed by atoms with van der Waals surface area (Å²) in [7, 11) is 0. The van der Waals surface area contributed by atoms with Crippen molar-refractivity contribution in [2.75, 3.05) is 11.9 Å². The van der Waals surface area contributed by atoms with Gasteiger partial charge in [-0.3, -0.25) is 10.1 Å². The molecule has 0 aliphatic rings. The zero-order chi connectivity index (χ0) is 15.2. The van der Waals surface area contributed by atoms with Crippen molar-refractivity contribution < 1.29 is 9.53 Å². The molecule has 0 atom stereocenters. The van der Waals surface area contributed by atoms with Gasteiger partial charge < -0.3 is 4.74 Å². The lowest BCUT2D eigenvalue weighted by atomic mass is 10.2. The van der Waals surface area contributed by atoms with Crippen LogP contribution in [0.4, 0.5) is 5.13 Å². The van der Waals surface area contributed by atoms with Crippen molar-refractivity contribution in [1.29, 1.82) is 0 Å². The number of aromatic nitrogens is 2. The first-order valence-corrected chi connectivity index (χ1v) is 7.75. The molecule has 0 saturated heterocycles. The van der Waals surface area contributed by atoms with E-state index in [0.717, 1.165) is 11.4 Å². The Morgan fingerprint density at radius 3 is 2.86 bits per heavy atom. The minimum atomic E-state index is -0.233. The van der Waals surface area contributed by atoms with E-state index < -0.39 is 0 Å². The fraction of sp³-hybridized carbons (Fsp3) is 0.400. The molecule has 0 unspecified atom stereocenters. The molecule has 2 rings (SSSR count). The molecule has 0 radical (unpaired) electrons. The molecule has 1 N–H and O–H groups in total. The molecule has 1 aromatic carbocycles. The number of anilines is 1. The Labute approximate surface area is 128 Å². The van der Waals surface area contributed by atoms with Crippen LogP contribution in [0.25, 0.3) is 0 Å². The molecule has 0 saturated carbocycles. The molecular weight excluding hydrogens is 286 g/mol. The highest BCUT2D eigenvalue weighted by Gasteiger charge is 2.10. The van der Waals surface area contributed by atoms with Crippen LogP contribution in [0.3, 0.4) is 0 Å². The number of nitrogens with zero attached hydrogens (tertiary/aromatic N) is 2. The van der Waals surface area contributed by atoms with Crippen LogP contribution >= 0.6 is 11.3 Å². The number of hydrogen-bond acceptors (Lipinski definition) is 5. The number of amides is 1. The number of nitrogens with one attached hydrogen (secondary N) is 1. The number of rotatable bonds is 6. The van der Waals surface area contributed by atoms with Gasteiger partial charge >= 0.3 is 0 Å². The Kier molecular flexibility index (Phi) is 5.27. The van der Waals surface area contributed by atoms with Crippen LogP contribution in [0.1, 0.15) is 37.3 Å². The molecule has 5 nitrogen and oxygen atoms in total. The maximum atomic E-state index is 11.8. The number of hydrogen-bond donors (Lipinski definition) is 1. The summed E-state index contributed by atoms with van der Waals surface area (Å²) < 4.78 is 5.48. The number of benzene rings is 1. The van der Waals surface area contributed by atoms with Gasteiger partial charge in [0.1, 0.15) is 10.8 Å². The van der Waals surface area contributed by atoms with Crippen molar-refractivity contribution >= 4 is 22.4 Å². The van der Waals surface area contributed by atoms with Crippen molar-refractivity contribution in [1.82, 2.24) is 10.2 Å². The van der Waals surface area contributed by atoms with E-state index >= 15 is 0 Å². The summed E-state index contributed by atoms with van der Waals surface area (Å²) in [4.78, 5) is 11.8. The lowest BCUT2D eigenvalue weighted by molar-refractivity contribution is -0.118. The number of ether oxygens (including phenoxy) is 1. The van der Waals surface area contributed by atoms with E-state index in [1.807, 2.05) is 38.1 Å². The standard InChI is InChI=1S/C15H19N3O2S/c1-4-11-6-5-7-12(8-11)20-9-13(19)16-15-18-17-14(21-15)10(2)3/h5-8,10H,4,9H2,1-3H3,(H,16,18,19). The first-order chi connectivity index (χ1) is 10.1. The number of carbonyl (C=O) groups excluding carboxylic acids is 1. The monoisotopic (exact) mass is 305 g/mol. The number of aryl methyl sites for hydroxylation is 1. The Balaban J connectivity index is 1.86. The quantitative estimate of drug-likeness (QED) is 0.890. The van der Waals surface area contributed by atoms with Crippen LogP contribution in [0.15, 0.2) is 24.3 Å². The molecule has 0 aliphatic carbocycles. The topological polar surface area (TPSA) is 64.1 Å². The van der Waals surface area contributed by atoms with Crippen LogP contribution in [0.5, 0.6) is 5.75 Å². The van der Waals surface area contributed by atoms with E-state index in [2.05, 4.69) is 22.4 Å². The summed E-state index contributed by atoms with van der Waals surface area (Å²) in [5.41, 5.74) is 1.18. The largest absolute Gasteiger partial charge is 0.484 e. The summed E-state index contributed by atoms with van der Waals surface area (Å²) in [6, 6.07) is 7.73. The molecule has 1 aromatic heterocycles. The van der Waals surface area contributed by atoms with Gasteiger partial charge in [0.2, 0.25) is 5.13 Å². The van der Waals surface area contributed by atoms with E-state index in [0.29, 0.717) is 16.8 Å². The van der Waals surface area contributed by atoms with Gasteiger partial charge in [0.15, 0.2) is 6.61 Å². The zero-order valence-corrected chi connectivity index (χ0v) is 13.2. The second-order valence-corrected chi connectivity index (χ2v) is 5.95. The first kappa shape index (κ1) is 15.4. The fourth-order valence-corrected chi connectivity index (χ4v) is 2.44. The molecule has 112 valence electrons. The maximum Gasteiger partial charge on any atom is 0.264 e. The predicted molar refractivity (Wildman–Crippen MR) is 83.9 cm³/mol. The van der Waals surface area contributed by atoms with E-state index in [9.17, 15) is 4.79 Å². The van der Waals surface area contributed by atoms with Gasteiger partial charge in [-0.1, -0.05) is 44.2 Å². The van der Waals surface area contributed by atoms with Crippen LogP contribution < -0.4 is 10.1 Å². The second-order valence-electron chi connectivity index (χ2n) is 4.94. The minimum absolute atomic E-state index is 0.0379. The molecule has 2 aromatic rings. The Hall–Kier alpha value is -1.95. The molecule has 0 aliphatic heterocycles. The van der Waals surface area contributed by atoms with Crippen molar-refractivity contribution in [2.24, 2.45) is 0 Å². The molecule has 1 amide bonds. The SMILES string of the molecule is CCc1cccc(OCC(=O)Nc2nnc(C(C)C)s2)c1.